The van der Waals surface area contributed by atoms with Crippen LogP contribution in [0.25, 0.3) is 11.1 Å². The summed E-state index contributed by atoms with van der Waals surface area (Å²) in [4.78, 5) is 23.3. The van der Waals surface area contributed by atoms with Crippen LogP contribution in [0.3, 0.4) is 0 Å². The van der Waals surface area contributed by atoms with Gasteiger partial charge in [0.2, 0.25) is 0 Å². The van der Waals surface area contributed by atoms with E-state index in [1.807, 2.05) is 43.3 Å². The zero-order chi connectivity index (χ0) is 12.7. The first-order valence-electron chi connectivity index (χ1n) is 5.73. The lowest BCUT2D eigenvalue weighted by Gasteiger charge is -2.09. The molecule has 3 rings (SSSR count). The number of anilines is 1. The highest BCUT2D eigenvalue weighted by molar-refractivity contribution is 6.52. The zero-order valence-corrected chi connectivity index (χ0v) is 9.86. The summed E-state index contributed by atoms with van der Waals surface area (Å²) in [6.45, 7) is 1.99. The second kappa shape index (κ2) is 3.81. The standard InChI is InChI=1S/C15H11NO2/c1-9-5-2-3-6-10(9)11-7-4-8-12-13(11)14(17)15(18)16-12/h2-8H,1H3,(H,16,17,18). The van der Waals surface area contributed by atoms with Crippen molar-refractivity contribution in [1.82, 2.24) is 0 Å². The Kier molecular flexibility index (Phi) is 2.27. The van der Waals surface area contributed by atoms with E-state index in [2.05, 4.69) is 5.32 Å². The second-order valence-electron chi connectivity index (χ2n) is 4.33. The van der Waals surface area contributed by atoms with Crippen LogP contribution in [0.1, 0.15) is 15.9 Å². The van der Waals surface area contributed by atoms with Crippen molar-refractivity contribution in [3.63, 3.8) is 0 Å². The van der Waals surface area contributed by atoms with Crippen LogP contribution in [0.2, 0.25) is 0 Å². The molecule has 0 aromatic heterocycles. The number of amides is 1. The summed E-state index contributed by atoms with van der Waals surface area (Å²) in [5.74, 6) is -1.00. The van der Waals surface area contributed by atoms with E-state index in [1.54, 1.807) is 6.07 Å². The molecule has 1 amide bonds. The van der Waals surface area contributed by atoms with Gasteiger partial charge < -0.3 is 5.32 Å². The third-order valence-electron chi connectivity index (χ3n) is 3.18. The van der Waals surface area contributed by atoms with Crippen LogP contribution in [-0.4, -0.2) is 11.7 Å². The van der Waals surface area contributed by atoms with E-state index in [4.69, 9.17) is 0 Å². The van der Waals surface area contributed by atoms with Gasteiger partial charge in [0, 0.05) is 0 Å². The molecule has 1 heterocycles. The number of ketones is 1. The normalized spacial score (nSPS) is 13.4. The topological polar surface area (TPSA) is 46.2 Å². The molecule has 0 aliphatic carbocycles. The molecule has 0 saturated heterocycles. The van der Waals surface area contributed by atoms with Crippen LogP contribution in [0.15, 0.2) is 42.5 Å². The van der Waals surface area contributed by atoms with Gasteiger partial charge in [-0.1, -0.05) is 36.4 Å². The summed E-state index contributed by atoms with van der Waals surface area (Å²) < 4.78 is 0. The number of Topliss-reactive ketones (excluding diaryl/α,β-unsaturated/α-hetero) is 1. The van der Waals surface area contributed by atoms with Crippen LogP contribution >= 0.6 is 0 Å². The number of nitrogens with one attached hydrogen (secondary N) is 1. The van der Waals surface area contributed by atoms with Crippen LogP contribution in [-0.2, 0) is 4.79 Å². The highest BCUT2D eigenvalue weighted by atomic mass is 16.2. The fourth-order valence-electron chi connectivity index (χ4n) is 2.29. The summed E-state index contributed by atoms with van der Waals surface area (Å²) in [6.07, 6.45) is 0. The van der Waals surface area contributed by atoms with Crippen molar-refractivity contribution in [2.24, 2.45) is 0 Å². The molecule has 0 bridgehead atoms. The van der Waals surface area contributed by atoms with Gasteiger partial charge in [-0.15, -0.1) is 0 Å². The molecule has 0 spiro atoms. The van der Waals surface area contributed by atoms with Gasteiger partial charge in [-0.3, -0.25) is 9.59 Å². The Morgan fingerprint density at radius 2 is 1.61 bits per heavy atom. The number of fused-ring (bicyclic) bond motifs is 1. The van der Waals surface area contributed by atoms with E-state index >= 15 is 0 Å². The molecular weight excluding hydrogens is 226 g/mol. The molecule has 1 aliphatic rings. The minimum absolute atomic E-state index is 0.455. The lowest BCUT2D eigenvalue weighted by Crippen LogP contribution is -2.12. The average Bonchev–Trinajstić information content (AvgIpc) is 2.66. The van der Waals surface area contributed by atoms with E-state index in [-0.39, 0.29) is 0 Å². The van der Waals surface area contributed by atoms with Crippen molar-refractivity contribution in [2.75, 3.05) is 5.32 Å². The van der Waals surface area contributed by atoms with Crippen molar-refractivity contribution in [3.8, 4) is 11.1 Å². The van der Waals surface area contributed by atoms with Crippen LogP contribution in [0.5, 0.6) is 0 Å². The van der Waals surface area contributed by atoms with Gasteiger partial charge in [-0.25, -0.2) is 0 Å². The third kappa shape index (κ3) is 1.44. The lowest BCUT2D eigenvalue weighted by molar-refractivity contribution is -0.112. The Balaban J connectivity index is 2.28. The first-order valence-corrected chi connectivity index (χ1v) is 5.73. The summed E-state index contributed by atoms with van der Waals surface area (Å²) in [5.41, 5.74) is 3.97. The maximum atomic E-state index is 11.9. The Labute approximate surface area is 104 Å². The summed E-state index contributed by atoms with van der Waals surface area (Å²) in [7, 11) is 0. The fourth-order valence-corrected chi connectivity index (χ4v) is 2.29. The van der Waals surface area contributed by atoms with Crippen LogP contribution < -0.4 is 5.32 Å². The molecule has 1 N–H and O–H groups in total. The molecule has 0 fully saturated rings. The number of hydrogen-bond acceptors (Lipinski definition) is 2. The fraction of sp³-hybridized carbons (Fsp3) is 0.0667. The van der Waals surface area contributed by atoms with E-state index in [0.29, 0.717) is 11.3 Å². The summed E-state index contributed by atoms with van der Waals surface area (Å²) >= 11 is 0. The van der Waals surface area contributed by atoms with Gasteiger partial charge in [0.05, 0.1) is 11.3 Å². The zero-order valence-electron chi connectivity index (χ0n) is 9.86. The van der Waals surface area contributed by atoms with Crippen molar-refractivity contribution >= 4 is 17.4 Å². The van der Waals surface area contributed by atoms with Gasteiger partial charge >= 0.3 is 0 Å². The van der Waals surface area contributed by atoms with E-state index in [1.165, 1.54) is 0 Å². The number of aryl methyl sites for hydroxylation is 1. The first-order chi connectivity index (χ1) is 8.68. The molecule has 0 atom stereocenters. The van der Waals surface area contributed by atoms with Crippen LogP contribution in [0, 0.1) is 6.92 Å². The predicted octanol–water partition coefficient (Wildman–Crippen LogP) is 2.80. The Hall–Kier alpha value is -2.42. The predicted molar refractivity (Wildman–Crippen MR) is 69.6 cm³/mol. The highest BCUT2D eigenvalue weighted by Gasteiger charge is 2.30. The maximum Gasteiger partial charge on any atom is 0.296 e. The van der Waals surface area contributed by atoms with Crippen LogP contribution in [0.4, 0.5) is 5.69 Å². The quantitative estimate of drug-likeness (QED) is 0.775. The molecule has 2 aromatic carbocycles. The van der Waals surface area contributed by atoms with Gasteiger partial charge in [-0.05, 0) is 29.7 Å². The number of carbonyl (C=O) groups excluding carboxylic acids is 2. The SMILES string of the molecule is Cc1ccccc1-c1cccc2c1C(=O)C(=O)N2. The molecule has 0 unspecified atom stereocenters. The highest BCUT2D eigenvalue weighted by Crippen LogP contribution is 2.34. The molecule has 18 heavy (non-hydrogen) atoms. The molecule has 0 saturated carbocycles. The van der Waals surface area contributed by atoms with E-state index < -0.39 is 11.7 Å². The average molecular weight is 237 g/mol. The van der Waals surface area contributed by atoms with Gasteiger partial charge in [0.15, 0.2) is 0 Å². The Morgan fingerprint density at radius 3 is 2.39 bits per heavy atom. The van der Waals surface area contributed by atoms with Gasteiger partial charge in [0.25, 0.3) is 11.7 Å². The number of benzene rings is 2. The summed E-state index contributed by atoms with van der Waals surface area (Å²) in [5, 5.41) is 2.59. The molecule has 3 heteroatoms. The van der Waals surface area contributed by atoms with Crippen molar-refractivity contribution in [2.45, 2.75) is 6.92 Å². The maximum absolute atomic E-state index is 11.9. The Bertz CT molecular complexity index is 674. The third-order valence-corrected chi connectivity index (χ3v) is 3.18. The molecule has 2 aromatic rings. The number of carbonyl (C=O) groups is 2. The van der Waals surface area contributed by atoms with Gasteiger partial charge in [-0.2, -0.15) is 0 Å². The Morgan fingerprint density at radius 1 is 0.889 bits per heavy atom. The minimum atomic E-state index is -0.550. The smallest absolute Gasteiger partial charge is 0.296 e. The molecule has 88 valence electrons. The van der Waals surface area contributed by atoms with E-state index in [0.717, 1.165) is 16.7 Å². The lowest BCUT2D eigenvalue weighted by atomic mass is 9.94. The molecular formula is C15H11NO2. The van der Waals surface area contributed by atoms with E-state index in [9.17, 15) is 9.59 Å². The molecule has 1 aliphatic heterocycles. The van der Waals surface area contributed by atoms with Gasteiger partial charge in [0.1, 0.15) is 0 Å². The van der Waals surface area contributed by atoms with Crippen molar-refractivity contribution < 1.29 is 9.59 Å². The second-order valence-corrected chi connectivity index (χ2v) is 4.33. The number of hydrogen-bond donors (Lipinski definition) is 1. The first kappa shape index (κ1) is 10.7. The van der Waals surface area contributed by atoms with Crippen molar-refractivity contribution in [3.05, 3.63) is 53.6 Å². The monoisotopic (exact) mass is 237 g/mol. The molecule has 0 radical (unpaired) electrons. The summed E-state index contributed by atoms with van der Waals surface area (Å²) in [6, 6.07) is 13.3. The van der Waals surface area contributed by atoms with Crippen molar-refractivity contribution in [1.29, 1.82) is 0 Å². The molecule has 3 nitrogen and oxygen atoms in total. The minimum Gasteiger partial charge on any atom is -0.318 e. The largest absolute Gasteiger partial charge is 0.318 e. The number of rotatable bonds is 1.